The number of hydrogen-bond acceptors (Lipinski definition) is 3. The molecule has 0 amide bonds. The molecule has 3 nitrogen and oxygen atoms in total. The van der Waals surface area contributed by atoms with Crippen LogP contribution in [0.1, 0.15) is 25.3 Å². The van der Waals surface area contributed by atoms with Crippen molar-refractivity contribution in [3.63, 3.8) is 0 Å². The highest BCUT2D eigenvalue weighted by Gasteiger charge is 2.17. The van der Waals surface area contributed by atoms with Gasteiger partial charge in [-0.15, -0.1) is 0 Å². The number of para-hydroxylation sites is 1. The summed E-state index contributed by atoms with van der Waals surface area (Å²) in [7, 11) is 0. The first-order valence-corrected chi connectivity index (χ1v) is 10.6. The molecule has 0 aliphatic heterocycles. The number of aromatic nitrogens is 1. The van der Waals surface area contributed by atoms with Gasteiger partial charge in [0.05, 0.1) is 11.1 Å². The van der Waals surface area contributed by atoms with Crippen molar-refractivity contribution in [3.05, 3.63) is 90.6 Å². The largest absolute Gasteiger partial charge is 0.456 e. The van der Waals surface area contributed by atoms with Gasteiger partial charge in [-0.25, -0.2) is 0 Å². The summed E-state index contributed by atoms with van der Waals surface area (Å²) in [6.45, 7) is 4.39. The van der Waals surface area contributed by atoms with E-state index in [2.05, 4.69) is 73.4 Å². The molecule has 150 valence electrons. The summed E-state index contributed by atoms with van der Waals surface area (Å²) in [4.78, 5) is 4.64. The van der Waals surface area contributed by atoms with Gasteiger partial charge < -0.3 is 8.83 Å². The van der Waals surface area contributed by atoms with Crippen molar-refractivity contribution in [2.75, 3.05) is 0 Å². The molecule has 0 spiro atoms. The van der Waals surface area contributed by atoms with Gasteiger partial charge in [0.15, 0.2) is 0 Å². The first kappa shape index (κ1) is 18.0. The molecule has 0 saturated heterocycles. The van der Waals surface area contributed by atoms with Crippen molar-refractivity contribution >= 4 is 32.9 Å². The van der Waals surface area contributed by atoms with E-state index in [0.29, 0.717) is 5.92 Å². The minimum absolute atomic E-state index is 0.443. The third-order valence-electron chi connectivity index (χ3n) is 5.95. The highest BCUT2D eigenvalue weighted by atomic mass is 16.3. The molecule has 0 aliphatic carbocycles. The molecule has 3 aromatic heterocycles. The van der Waals surface area contributed by atoms with Crippen molar-refractivity contribution < 1.29 is 8.83 Å². The van der Waals surface area contributed by atoms with Crippen LogP contribution in [-0.4, -0.2) is 4.98 Å². The maximum Gasteiger partial charge on any atom is 0.146 e. The average molecular weight is 403 g/mol. The molecule has 0 atom stereocenters. The number of benzene rings is 3. The minimum Gasteiger partial charge on any atom is -0.456 e. The van der Waals surface area contributed by atoms with Crippen LogP contribution in [0.15, 0.2) is 93.9 Å². The zero-order chi connectivity index (χ0) is 20.9. The fourth-order valence-electron chi connectivity index (χ4n) is 4.27. The third-order valence-corrected chi connectivity index (χ3v) is 5.95. The van der Waals surface area contributed by atoms with Crippen molar-refractivity contribution in [3.8, 4) is 22.6 Å². The number of pyridine rings is 1. The number of nitrogens with zero attached hydrogens (tertiary/aromatic N) is 1. The zero-order valence-corrected chi connectivity index (χ0v) is 17.4. The van der Waals surface area contributed by atoms with E-state index in [-0.39, 0.29) is 0 Å². The van der Waals surface area contributed by atoms with Gasteiger partial charge >= 0.3 is 0 Å². The smallest absolute Gasteiger partial charge is 0.146 e. The van der Waals surface area contributed by atoms with Crippen LogP contribution in [-0.2, 0) is 0 Å². The Morgan fingerprint density at radius 1 is 0.710 bits per heavy atom. The Bertz CT molecular complexity index is 1550. The highest BCUT2D eigenvalue weighted by Crippen LogP contribution is 2.40. The van der Waals surface area contributed by atoms with E-state index in [0.717, 1.165) is 55.5 Å². The van der Waals surface area contributed by atoms with Gasteiger partial charge in [-0.1, -0.05) is 56.3 Å². The number of hydrogen-bond donors (Lipinski definition) is 0. The van der Waals surface area contributed by atoms with Gasteiger partial charge in [0, 0.05) is 28.1 Å². The standard InChI is InChI=1S/C28H21NO2/c1-17(2)19-13-14-29-24(15-19)22-10-6-9-20-21-11-12-25-23(28(21)31-27(20)22)16-26(30-25)18-7-4-3-5-8-18/h3-17H,1-2H3. The van der Waals surface area contributed by atoms with Gasteiger partial charge in [-0.2, -0.15) is 0 Å². The second-order valence-electron chi connectivity index (χ2n) is 8.24. The Kier molecular flexibility index (Phi) is 3.97. The molecular formula is C28H21NO2. The van der Waals surface area contributed by atoms with E-state index in [1.54, 1.807) is 0 Å². The average Bonchev–Trinajstić information content (AvgIpc) is 3.41. The Hall–Kier alpha value is -3.85. The second-order valence-corrected chi connectivity index (χ2v) is 8.24. The number of rotatable bonds is 3. The van der Waals surface area contributed by atoms with Crippen LogP contribution in [0.3, 0.4) is 0 Å². The second kappa shape index (κ2) is 6.85. The summed E-state index contributed by atoms with van der Waals surface area (Å²) in [5.74, 6) is 1.29. The van der Waals surface area contributed by atoms with Gasteiger partial charge in [0.25, 0.3) is 0 Å². The van der Waals surface area contributed by atoms with Crippen molar-refractivity contribution in [1.29, 1.82) is 0 Å². The van der Waals surface area contributed by atoms with E-state index in [1.165, 1.54) is 5.56 Å². The molecule has 0 bridgehead atoms. The lowest BCUT2D eigenvalue weighted by Crippen LogP contribution is -1.90. The lowest BCUT2D eigenvalue weighted by Gasteiger charge is -2.07. The highest BCUT2D eigenvalue weighted by molar-refractivity contribution is 6.16. The predicted molar refractivity (Wildman–Crippen MR) is 126 cm³/mol. The summed E-state index contributed by atoms with van der Waals surface area (Å²) in [6, 6.07) is 26.9. The molecule has 0 fully saturated rings. The Morgan fingerprint density at radius 3 is 2.39 bits per heavy atom. The van der Waals surface area contributed by atoms with E-state index in [1.807, 2.05) is 30.5 Å². The predicted octanol–water partition coefficient (Wildman–Crippen LogP) is 8.18. The van der Waals surface area contributed by atoms with Crippen molar-refractivity contribution in [2.45, 2.75) is 19.8 Å². The van der Waals surface area contributed by atoms with E-state index >= 15 is 0 Å². The normalized spacial score (nSPS) is 11.8. The SMILES string of the molecule is CC(C)c1ccnc(-c2cccc3c2oc2c4cc(-c5ccccc5)oc4ccc32)c1. The Labute approximate surface area is 179 Å². The number of fused-ring (bicyclic) bond motifs is 5. The van der Waals surface area contributed by atoms with Crippen LogP contribution in [0.2, 0.25) is 0 Å². The summed E-state index contributed by atoms with van der Waals surface area (Å²) in [6.07, 6.45) is 1.88. The Morgan fingerprint density at radius 2 is 1.55 bits per heavy atom. The molecule has 0 saturated carbocycles. The van der Waals surface area contributed by atoms with Gasteiger partial charge in [-0.3, -0.25) is 4.98 Å². The fraction of sp³-hybridized carbons (Fsp3) is 0.107. The minimum atomic E-state index is 0.443. The van der Waals surface area contributed by atoms with Crippen LogP contribution in [0.5, 0.6) is 0 Å². The topological polar surface area (TPSA) is 39.2 Å². The van der Waals surface area contributed by atoms with Crippen molar-refractivity contribution in [1.82, 2.24) is 4.98 Å². The summed E-state index contributed by atoms with van der Waals surface area (Å²) in [5, 5.41) is 3.17. The molecule has 3 heteroatoms. The summed E-state index contributed by atoms with van der Waals surface area (Å²) in [5.41, 5.74) is 6.81. The molecule has 6 aromatic rings. The van der Waals surface area contributed by atoms with Gasteiger partial charge in [-0.05, 0) is 47.9 Å². The van der Waals surface area contributed by atoms with E-state index < -0.39 is 0 Å². The maximum absolute atomic E-state index is 6.50. The third kappa shape index (κ3) is 2.85. The lowest BCUT2D eigenvalue weighted by atomic mass is 10.0. The monoisotopic (exact) mass is 403 g/mol. The molecule has 3 aromatic carbocycles. The molecule has 31 heavy (non-hydrogen) atoms. The number of furan rings is 2. The van der Waals surface area contributed by atoms with Crippen LogP contribution in [0.4, 0.5) is 0 Å². The molecule has 0 aliphatic rings. The van der Waals surface area contributed by atoms with Gasteiger partial charge in [0.2, 0.25) is 0 Å². The van der Waals surface area contributed by atoms with Crippen LogP contribution < -0.4 is 0 Å². The summed E-state index contributed by atoms with van der Waals surface area (Å²) >= 11 is 0. The molecule has 0 unspecified atom stereocenters. The maximum atomic E-state index is 6.50. The lowest BCUT2D eigenvalue weighted by molar-refractivity contribution is 0.631. The molecular weight excluding hydrogens is 382 g/mol. The van der Waals surface area contributed by atoms with Crippen molar-refractivity contribution in [2.24, 2.45) is 0 Å². The molecule has 6 rings (SSSR count). The molecule has 3 heterocycles. The van der Waals surface area contributed by atoms with Crippen LogP contribution in [0, 0.1) is 0 Å². The first-order valence-electron chi connectivity index (χ1n) is 10.6. The fourth-order valence-corrected chi connectivity index (χ4v) is 4.27. The van der Waals surface area contributed by atoms with E-state index in [9.17, 15) is 0 Å². The quantitative estimate of drug-likeness (QED) is 0.299. The summed E-state index contributed by atoms with van der Waals surface area (Å²) < 4.78 is 12.6. The van der Waals surface area contributed by atoms with Crippen LogP contribution >= 0.6 is 0 Å². The van der Waals surface area contributed by atoms with Crippen LogP contribution in [0.25, 0.3) is 55.5 Å². The molecule has 0 radical (unpaired) electrons. The van der Waals surface area contributed by atoms with Gasteiger partial charge in [0.1, 0.15) is 22.5 Å². The zero-order valence-electron chi connectivity index (χ0n) is 17.4. The Balaban J connectivity index is 1.60. The van der Waals surface area contributed by atoms with E-state index in [4.69, 9.17) is 8.83 Å². The first-order chi connectivity index (χ1) is 15.2. The molecule has 0 N–H and O–H groups in total.